The van der Waals surface area contributed by atoms with Crippen molar-refractivity contribution < 1.29 is 39.3 Å². The van der Waals surface area contributed by atoms with E-state index in [1.165, 1.54) is 6.92 Å². The van der Waals surface area contributed by atoms with E-state index in [-0.39, 0.29) is 12.3 Å². The van der Waals surface area contributed by atoms with E-state index < -0.39 is 66.9 Å². The summed E-state index contributed by atoms with van der Waals surface area (Å²) < 4.78 is 0. The largest absolute Gasteiger partial charge is 0.481 e. The molecule has 29 heavy (non-hydrogen) atoms. The van der Waals surface area contributed by atoms with Gasteiger partial charge in [-0.05, 0) is 19.3 Å². The van der Waals surface area contributed by atoms with Crippen molar-refractivity contribution in [3.05, 3.63) is 0 Å². The van der Waals surface area contributed by atoms with Gasteiger partial charge in [-0.15, -0.1) is 0 Å². The molecule has 0 spiro atoms. The van der Waals surface area contributed by atoms with E-state index in [1.807, 2.05) is 6.92 Å². The van der Waals surface area contributed by atoms with Crippen molar-refractivity contribution >= 4 is 29.7 Å². The Balaban J connectivity index is 5.21. The number of aliphatic carboxylic acids is 2. The second kappa shape index (κ2) is 12.7. The van der Waals surface area contributed by atoms with Crippen LogP contribution in [0.4, 0.5) is 0 Å². The summed E-state index contributed by atoms with van der Waals surface area (Å²) in [4.78, 5) is 58.4. The number of carbonyl (C=O) groups excluding carboxylic acids is 3. The molecule has 0 radical (unpaired) electrons. The summed E-state index contributed by atoms with van der Waals surface area (Å²) in [5.41, 5.74) is 5.81. The molecule has 5 atom stereocenters. The van der Waals surface area contributed by atoms with Crippen LogP contribution in [0.5, 0.6) is 0 Å². The molecule has 166 valence electrons. The minimum absolute atomic E-state index is 0.188. The Bertz CT molecular complexity index is 612. The van der Waals surface area contributed by atoms with Gasteiger partial charge >= 0.3 is 11.9 Å². The van der Waals surface area contributed by atoms with E-state index in [0.717, 1.165) is 0 Å². The summed E-state index contributed by atoms with van der Waals surface area (Å²) in [5.74, 6) is -5.22. The van der Waals surface area contributed by atoms with E-state index in [9.17, 15) is 29.1 Å². The minimum atomic E-state index is -1.49. The standard InChI is InChI=1S/C17H30N4O8/c1-4-8(2)13(18)16(27)20-10(5-6-12(23)24)14(25)21-11(7-22)15(26)19-9(3)17(28)29/h8-11,13,22H,4-7,18H2,1-3H3,(H,19,26)(H,20,27)(H,21,25)(H,23,24)(H,28,29). The third-order valence-corrected chi connectivity index (χ3v) is 4.38. The highest BCUT2D eigenvalue weighted by Gasteiger charge is 2.30. The van der Waals surface area contributed by atoms with E-state index in [1.54, 1.807) is 6.92 Å². The minimum Gasteiger partial charge on any atom is -0.481 e. The van der Waals surface area contributed by atoms with Crippen molar-refractivity contribution in [2.45, 2.75) is 64.2 Å². The van der Waals surface area contributed by atoms with Crippen molar-refractivity contribution in [2.24, 2.45) is 11.7 Å². The molecule has 12 nitrogen and oxygen atoms in total. The molecule has 0 aromatic carbocycles. The van der Waals surface area contributed by atoms with Gasteiger partial charge in [-0.2, -0.15) is 0 Å². The van der Waals surface area contributed by atoms with Gasteiger partial charge in [0.1, 0.15) is 18.1 Å². The zero-order valence-electron chi connectivity index (χ0n) is 16.7. The third-order valence-electron chi connectivity index (χ3n) is 4.38. The SMILES string of the molecule is CCC(C)C(N)C(=O)NC(CCC(=O)O)C(=O)NC(CO)C(=O)NC(C)C(=O)O. The second-order valence-corrected chi connectivity index (χ2v) is 6.72. The van der Waals surface area contributed by atoms with Crippen LogP contribution in [0.3, 0.4) is 0 Å². The van der Waals surface area contributed by atoms with Gasteiger partial charge in [0.15, 0.2) is 0 Å². The Morgan fingerprint density at radius 1 is 0.897 bits per heavy atom. The first-order valence-corrected chi connectivity index (χ1v) is 9.16. The second-order valence-electron chi connectivity index (χ2n) is 6.72. The average Bonchev–Trinajstić information content (AvgIpc) is 2.66. The first-order valence-electron chi connectivity index (χ1n) is 9.16. The lowest BCUT2D eigenvalue weighted by Crippen LogP contribution is -2.58. The molecule has 0 saturated heterocycles. The summed E-state index contributed by atoms with van der Waals surface area (Å²) in [7, 11) is 0. The Morgan fingerprint density at radius 2 is 1.41 bits per heavy atom. The number of hydrogen-bond donors (Lipinski definition) is 7. The van der Waals surface area contributed by atoms with E-state index in [0.29, 0.717) is 6.42 Å². The topological polar surface area (TPSA) is 208 Å². The van der Waals surface area contributed by atoms with Crippen LogP contribution < -0.4 is 21.7 Å². The number of rotatable bonds is 13. The Morgan fingerprint density at radius 3 is 1.86 bits per heavy atom. The normalized spacial score (nSPS) is 15.9. The lowest BCUT2D eigenvalue weighted by molar-refractivity contribution is -0.142. The van der Waals surface area contributed by atoms with Gasteiger partial charge in [0.2, 0.25) is 17.7 Å². The highest BCUT2D eigenvalue weighted by atomic mass is 16.4. The fraction of sp³-hybridized carbons (Fsp3) is 0.706. The monoisotopic (exact) mass is 418 g/mol. The van der Waals surface area contributed by atoms with E-state index >= 15 is 0 Å². The summed E-state index contributed by atoms with van der Waals surface area (Å²) >= 11 is 0. The van der Waals surface area contributed by atoms with Gasteiger partial charge in [-0.1, -0.05) is 20.3 Å². The quantitative estimate of drug-likeness (QED) is 0.172. The van der Waals surface area contributed by atoms with Gasteiger partial charge in [0.05, 0.1) is 12.6 Å². The van der Waals surface area contributed by atoms with Crippen molar-refractivity contribution in [3.63, 3.8) is 0 Å². The van der Waals surface area contributed by atoms with Crippen LogP contribution in [-0.2, 0) is 24.0 Å². The molecule has 0 fully saturated rings. The molecule has 0 aliphatic rings. The predicted molar refractivity (Wildman–Crippen MR) is 100 cm³/mol. The van der Waals surface area contributed by atoms with Crippen molar-refractivity contribution in [2.75, 3.05) is 6.61 Å². The first kappa shape index (κ1) is 26.3. The third kappa shape index (κ3) is 9.34. The van der Waals surface area contributed by atoms with Gasteiger partial charge in [-0.3, -0.25) is 24.0 Å². The lowest BCUT2D eigenvalue weighted by Gasteiger charge is -2.24. The maximum absolute atomic E-state index is 12.5. The number of carboxylic acid groups (broad SMARTS) is 2. The van der Waals surface area contributed by atoms with Gasteiger partial charge < -0.3 is 37.0 Å². The van der Waals surface area contributed by atoms with Crippen molar-refractivity contribution in [1.29, 1.82) is 0 Å². The molecule has 5 unspecified atom stereocenters. The first-order chi connectivity index (χ1) is 13.4. The van der Waals surface area contributed by atoms with Crippen LogP contribution in [0, 0.1) is 5.92 Å². The summed E-state index contributed by atoms with van der Waals surface area (Å²) in [6, 6.07) is -4.98. The molecule has 8 N–H and O–H groups in total. The number of aliphatic hydroxyl groups excluding tert-OH is 1. The molecular formula is C17H30N4O8. The number of aliphatic hydroxyl groups is 1. The summed E-state index contributed by atoms with van der Waals surface area (Å²) in [6.07, 6.45) is -0.108. The van der Waals surface area contributed by atoms with Gasteiger partial charge in [0.25, 0.3) is 0 Å². The van der Waals surface area contributed by atoms with Crippen molar-refractivity contribution in [3.8, 4) is 0 Å². The lowest BCUT2D eigenvalue weighted by atomic mass is 9.98. The summed E-state index contributed by atoms with van der Waals surface area (Å²) in [5, 5.41) is 33.7. The maximum Gasteiger partial charge on any atom is 0.325 e. The summed E-state index contributed by atoms with van der Waals surface area (Å²) in [6.45, 7) is 3.93. The maximum atomic E-state index is 12.5. The van der Waals surface area contributed by atoms with Gasteiger partial charge in [0, 0.05) is 6.42 Å². The molecule has 0 aliphatic heterocycles. The van der Waals surface area contributed by atoms with Crippen LogP contribution in [0.15, 0.2) is 0 Å². The Hall–Kier alpha value is -2.73. The molecular weight excluding hydrogens is 388 g/mol. The van der Waals surface area contributed by atoms with E-state index in [4.69, 9.17) is 15.9 Å². The molecule has 12 heteroatoms. The number of nitrogens with two attached hydrogens (primary N) is 1. The number of hydrogen-bond acceptors (Lipinski definition) is 7. The van der Waals surface area contributed by atoms with Crippen LogP contribution in [0.1, 0.15) is 40.0 Å². The van der Waals surface area contributed by atoms with Crippen LogP contribution in [0.2, 0.25) is 0 Å². The zero-order chi connectivity index (χ0) is 22.7. The average molecular weight is 418 g/mol. The molecule has 0 aromatic heterocycles. The number of carboxylic acids is 2. The predicted octanol–water partition coefficient (Wildman–Crippen LogP) is -2.22. The molecule has 0 saturated carbocycles. The van der Waals surface area contributed by atoms with Crippen molar-refractivity contribution in [1.82, 2.24) is 16.0 Å². The smallest absolute Gasteiger partial charge is 0.325 e. The number of nitrogens with one attached hydrogen (secondary N) is 3. The number of carbonyl (C=O) groups is 5. The van der Waals surface area contributed by atoms with E-state index in [2.05, 4.69) is 16.0 Å². The van der Waals surface area contributed by atoms with Gasteiger partial charge in [-0.25, -0.2) is 0 Å². The Labute approximate surface area is 168 Å². The molecule has 0 heterocycles. The number of amides is 3. The fourth-order valence-electron chi connectivity index (χ4n) is 2.16. The van der Waals surface area contributed by atoms with Crippen LogP contribution in [-0.4, -0.2) is 75.8 Å². The molecule has 0 rings (SSSR count). The Kier molecular flexibility index (Phi) is 11.5. The molecule has 0 aromatic rings. The van der Waals surface area contributed by atoms with Crippen LogP contribution in [0.25, 0.3) is 0 Å². The van der Waals surface area contributed by atoms with Crippen LogP contribution >= 0.6 is 0 Å². The molecule has 0 aliphatic carbocycles. The zero-order valence-corrected chi connectivity index (χ0v) is 16.7. The highest BCUT2D eigenvalue weighted by Crippen LogP contribution is 2.07. The molecule has 0 bridgehead atoms. The fourth-order valence-corrected chi connectivity index (χ4v) is 2.16. The highest BCUT2D eigenvalue weighted by molar-refractivity contribution is 5.94. The molecule has 3 amide bonds.